The number of rotatable bonds is 3. The Kier molecular flexibility index (Phi) is 4.27. The second kappa shape index (κ2) is 6.33. The molecule has 1 amide bonds. The van der Waals surface area contributed by atoms with Crippen LogP contribution >= 0.6 is 23.4 Å². The topological polar surface area (TPSA) is 41.5 Å². The van der Waals surface area contributed by atoms with Crippen LogP contribution in [0.5, 0.6) is 0 Å². The number of aliphatic imine (C=N–C) groups is 1. The van der Waals surface area contributed by atoms with Crippen LogP contribution in [0.3, 0.4) is 0 Å². The number of halogens is 1. The zero-order chi connectivity index (χ0) is 14.7. The summed E-state index contributed by atoms with van der Waals surface area (Å²) in [6.45, 7) is 0.644. The first-order valence-electron chi connectivity index (χ1n) is 6.55. The maximum Gasteiger partial charge on any atom is 0.285 e. The van der Waals surface area contributed by atoms with Gasteiger partial charge >= 0.3 is 0 Å². The molecule has 1 aromatic carbocycles. The van der Waals surface area contributed by atoms with E-state index >= 15 is 0 Å². The highest BCUT2D eigenvalue weighted by Crippen LogP contribution is 2.31. The third kappa shape index (κ3) is 3.46. The van der Waals surface area contributed by atoms with Crippen molar-refractivity contribution in [1.29, 1.82) is 0 Å². The summed E-state index contributed by atoms with van der Waals surface area (Å²) < 4.78 is 0. The number of nitrogens with one attached hydrogen (secondary N) is 1. The third-order valence-corrected chi connectivity index (χ3v) is 4.55. The SMILES string of the molecule is O=C1N=C2C=CC=CC2S/C1=C/NCc1ccc(Cl)cc1. The lowest BCUT2D eigenvalue weighted by Crippen LogP contribution is -2.23. The minimum absolute atomic E-state index is 0.135. The predicted molar refractivity (Wildman–Crippen MR) is 88.5 cm³/mol. The Labute approximate surface area is 132 Å². The van der Waals surface area contributed by atoms with Crippen LogP contribution in [0.25, 0.3) is 0 Å². The number of amides is 1. The van der Waals surface area contributed by atoms with E-state index in [1.54, 1.807) is 6.20 Å². The molecule has 1 heterocycles. The summed E-state index contributed by atoms with van der Waals surface area (Å²) in [5, 5.41) is 4.01. The Bertz CT molecular complexity index is 674. The van der Waals surface area contributed by atoms with Gasteiger partial charge in [0.05, 0.1) is 15.9 Å². The smallest absolute Gasteiger partial charge is 0.285 e. The highest BCUT2D eigenvalue weighted by atomic mass is 35.5. The van der Waals surface area contributed by atoms with Crippen LogP contribution in [0.2, 0.25) is 5.02 Å². The summed E-state index contributed by atoms with van der Waals surface area (Å²) >= 11 is 7.36. The van der Waals surface area contributed by atoms with Crippen molar-refractivity contribution in [1.82, 2.24) is 5.32 Å². The average molecular weight is 317 g/mol. The molecule has 0 radical (unpaired) electrons. The van der Waals surface area contributed by atoms with E-state index in [4.69, 9.17) is 11.6 Å². The molecule has 1 aliphatic carbocycles. The van der Waals surface area contributed by atoms with Gasteiger partial charge in [0.25, 0.3) is 5.91 Å². The van der Waals surface area contributed by atoms with Crippen molar-refractivity contribution < 1.29 is 4.79 Å². The van der Waals surface area contributed by atoms with E-state index in [0.717, 1.165) is 11.3 Å². The van der Waals surface area contributed by atoms with Gasteiger partial charge in [-0.25, -0.2) is 4.99 Å². The van der Waals surface area contributed by atoms with Gasteiger partial charge in [0, 0.05) is 17.8 Å². The van der Waals surface area contributed by atoms with Crippen molar-refractivity contribution in [3.05, 3.63) is 70.3 Å². The normalized spacial score (nSPS) is 22.1. The maximum atomic E-state index is 11.9. The number of hydrogen-bond donors (Lipinski definition) is 1. The summed E-state index contributed by atoms with van der Waals surface area (Å²) in [6, 6.07) is 7.60. The van der Waals surface area contributed by atoms with Crippen LogP contribution in [0.15, 0.2) is 64.7 Å². The number of allylic oxidation sites excluding steroid dienone is 3. The number of carbonyl (C=O) groups is 1. The Morgan fingerprint density at radius 2 is 2.10 bits per heavy atom. The number of hydrogen-bond acceptors (Lipinski definition) is 3. The summed E-state index contributed by atoms with van der Waals surface area (Å²) in [4.78, 5) is 16.7. The largest absolute Gasteiger partial charge is 0.386 e. The predicted octanol–water partition coefficient (Wildman–Crippen LogP) is 3.48. The lowest BCUT2D eigenvalue weighted by molar-refractivity contribution is -0.113. The Morgan fingerprint density at radius 1 is 1.29 bits per heavy atom. The molecule has 0 saturated carbocycles. The number of fused-ring (bicyclic) bond motifs is 1. The van der Waals surface area contributed by atoms with Gasteiger partial charge in [-0.2, -0.15) is 0 Å². The highest BCUT2D eigenvalue weighted by molar-refractivity contribution is 8.05. The minimum atomic E-state index is -0.185. The number of carbonyl (C=O) groups excluding carboxylic acids is 1. The Hall–Kier alpha value is -1.78. The van der Waals surface area contributed by atoms with E-state index in [2.05, 4.69) is 10.3 Å². The van der Waals surface area contributed by atoms with E-state index in [1.165, 1.54) is 11.8 Å². The molecule has 3 nitrogen and oxygen atoms in total. The third-order valence-electron chi connectivity index (χ3n) is 3.10. The van der Waals surface area contributed by atoms with Gasteiger partial charge in [-0.05, 0) is 23.8 Å². The van der Waals surface area contributed by atoms with Gasteiger partial charge in [-0.15, -0.1) is 11.8 Å². The molecule has 2 aliphatic rings. The van der Waals surface area contributed by atoms with Crippen LogP contribution in [-0.2, 0) is 11.3 Å². The standard InChI is InChI=1S/C16H13ClN2OS/c17-12-7-5-11(6-8-12)9-18-10-15-16(20)19-13-3-1-2-4-14(13)21-15/h1-8,10,14,18H,9H2/b15-10+. The molecule has 5 heteroatoms. The van der Waals surface area contributed by atoms with Crippen molar-refractivity contribution in [2.75, 3.05) is 0 Å². The second-order valence-electron chi connectivity index (χ2n) is 4.64. The van der Waals surface area contributed by atoms with E-state index < -0.39 is 0 Å². The Balaban J connectivity index is 1.65. The van der Waals surface area contributed by atoms with Gasteiger partial charge in [0.15, 0.2) is 0 Å². The molecule has 0 spiro atoms. The van der Waals surface area contributed by atoms with Gasteiger partial charge in [0.1, 0.15) is 0 Å². The average Bonchev–Trinajstić information content (AvgIpc) is 2.50. The monoisotopic (exact) mass is 316 g/mol. The zero-order valence-electron chi connectivity index (χ0n) is 11.1. The number of thioether (sulfide) groups is 1. The number of nitrogens with zero attached hydrogens (tertiary/aromatic N) is 1. The van der Waals surface area contributed by atoms with E-state index in [1.807, 2.05) is 48.6 Å². The molecular weight excluding hydrogens is 304 g/mol. The fraction of sp³-hybridized carbons (Fsp3) is 0.125. The van der Waals surface area contributed by atoms with Crippen molar-refractivity contribution in [3.8, 4) is 0 Å². The van der Waals surface area contributed by atoms with Crippen molar-refractivity contribution in [3.63, 3.8) is 0 Å². The zero-order valence-corrected chi connectivity index (χ0v) is 12.7. The first-order chi connectivity index (χ1) is 10.2. The van der Waals surface area contributed by atoms with Gasteiger partial charge < -0.3 is 5.32 Å². The molecule has 1 aliphatic heterocycles. The molecule has 1 aromatic rings. The molecule has 1 unspecified atom stereocenters. The summed E-state index contributed by atoms with van der Waals surface area (Å²) in [5.74, 6) is -0.185. The molecule has 106 valence electrons. The molecule has 0 aromatic heterocycles. The molecule has 0 saturated heterocycles. The van der Waals surface area contributed by atoms with Crippen molar-refractivity contribution >= 4 is 35.0 Å². The molecular formula is C16H13ClN2OS. The first kappa shape index (κ1) is 14.2. The van der Waals surface area contributed by atoms with E-state index in [0.29, 0.717) is 16.5 Å². The fourth-order valence-corrected chi connectivity index (χ4v) is 3.15. The molecule has 3 rings (SSSR count). The second-order valence-corrected chi connectivity index (χ2v) is 6.26. The molecule has 21 heavy (non-hydrogen) atoms. The minimum Gasteiger partial charge on any atom is -0.386 e. The molecule has 0 fully saturated rings. The molecule has 0 bridgehead atoms. The van der Waals surface area contributed by atoms with Crippen LogP contribution in [0.4, 0.5) is 0 Å². The lowest BCUT2D eigenvalue weighted by atomic mass is 10.1. The van der Waals surface area contributed by atoms with Gasteiger partial charge in [0.2, 0.25) is 0 Å². The van der Waals surface area contributed by atoms with Gasteiger partial charge in [-0.3, -0.25) is 4.79 Å². The lowest BCUT2D eigenvalue weighted by Gasteiger charge is -2.20. The van der Waals surface area contributed by atoms with Crippen LogP contribution < -0.4 is 5.32 Å². The van der Waals surface area contributed by atoms with E-state index in [-0.39, 0.29) is 11.2 Å². The van der Waals surface area contributed by atoms with Crippen LogP contribution in [0, 0.1) is 0 Å². The Morgan fingerprint density at radius 3 is 2.90 bits per heavy atom. The van der Waals surface area contributed by atoms with Crippen molar-refractivity contribution in [2.24, 2.45) is 4.99 Å². The fourth-order valence-electron chi connectivity index (χ4n) is 2.03. The number of benzene rings is 1. The summed E-state index contributed by atoms with van der Waals surface area (Å²) in [7, 11) is 0. The maximum absolute atomic E-state index is 11.9. The summed E-state index contributed by atoms with van der Waals surface area (Å²) in [6.07, 6.45) is 9.55. The van der Waals surface area contributed by atoms with Crippen molar-refractivity contribution in [2.45, 2.75) is 11.8 Å². The van der Waals surface area contributed by atoms with Crippen LogP contribution in [0.1, 0.15) is 5.56 Å². The quantitative estimate of drug-likeness (QED) is 0.868. The van der Waals surface area contributed by atoms with Crippen LogP contribution in [-0.4, -0.2) is 16.9 Å². The molecule has 1 atom stereocenters. The molecule has 1 N–H and O–H groups in total. The first-order valence-corrected chi connectivity index (χ1v) is 7.80. The highest BCUT2D eigenvalue weighted by Gasteiger charge is 2.25. The van der Waals surface area contributed by atoms with E-state index in [9.17, 15) is 4.79 Å². The van der Waals surface area contributed by atoms with Gasteiger partial charge in [-0.1, -0.05) is 42.0 Å². The summed E-state index contributed by atoms with van der Waals surface area (Å²) in [5.41, 5.74) is 1.93.